The molecule has 3 rings (SSSR count). The molecule has 0 aliphatic carbocycles. The van der Waals surface area contributed by atoms with Crippen LogP contribution < -0.4 is 4.72 Å². The summed E-state index contributed by atoms with van der Waals surface area (Å²) in [5.74, 6) is 0.0161. The van der Waals surface area contributed by atoms with E-state index in [1.54, 1.807) is 18.2 Å². The summed E-state index contributed by atoms with van der Waals surface area (Å²) in [5, 5.41) is 1.20. The lowest BCUT2D eigenvalue weighted by atomic mass is 9.85. The van der Waals surface area contributed by atoms with E-state index in [1.165, 1.54) is 12.1 Å². The highest BCUT2D eigenvalue weighted by Crippen LogP contribution is 2.38. The predicted octanol–water partition coefficient (Wildman–Crippen LogP) is 3.10. The number of likely N-dealkylation sites (N-methyl/N-ethyl adjacent to an activating group) is 1. The molecule has 146 valence electrons. The van der Waals surface area contributed by atoms with Crippen LogP contribution in [-0.2, 0) is 16.6 Å². The van der Waals surface area contributed by atoms with E-state index in [2.05, 4.69) is 9.62 Å². The van der Waals surface area contributed by atoms with Crippen LogP contribution in [-0.4, -0.2) is 43.0 Å². The topological polar surface area (TPSA) is 89.9 Å². The van der Waals surface area contributed by atoms with Gasteiger partial charge in [0.1, 0.15) is 0 Å². The maximum Gasteiger partial charge on any atom is 0.241 e. The number of nitrogens with one attached hydrogen (secondary N) is 1. The van der Waals surface area contributed by atoms with Crippen molar-refractivity contribution in [3.05, 3.63) is 63.1 Å². The first-order valence-electron chi connectivity index (χ1n) is 8.08. The van der Waals surface area contributed by atoms with E-state index in [-0.39, 0.29) is 10.8 Å². The van der Waals surface area contributed by atoms with Gasteiger partial charge in [-0.2, -0.15) is 0 Å². The van der Waals surface area contributed by atoms with Gasteiger partial charge in [-0.15, -0.1) is 0 Å². The van der Waals surface area contributed by atoms with Gasteiger partial charge in [0.25, 0.3) is 0 Å². The van der Waals surface area contributed by atoms with Gasteiger partial charge in [0, 0.05) is 29.1 Å². The van der Waals surface area contributed by atoms with Gasteiger partial charge < -0.3 is 14.7 Å². The van der Waals surface area contributed by atoms with Crippen molar-refractivity contribution < 1.29 is 18.2 Å². The van der Waals surface area contributed by atoms with Gasteiger partial charge in [-0.25, -0.2) is 13.1 Å². The predicted molar refractivity (Wildman–Crippen MR) is 108 cm³/mol. The van der Waals surface area contributed by atoms with Crippen molar-refractivity contribution in [1.29, 1.82) is 0 Å². The minimum Gasteiger partial charge on any atom is -0.349 e. The molecule has 1 aliphatic heterocycles. The van der Waals surface area contributed by atoms with E-state index in [4.69, 9.17) is 33.0 Å². The van der Waals surface area contributed by atoms with Gasteiger partial charge in [0.2, 0.25) is 10.0 Å². The number of halogens is 2. The smallest absolute Gasteiger partial charge is 0.241 e. The van der Waals surface area contributed by atoms with Crippen molar-refractivity contribution in [3.8, 4) is 0 Å². The number of hydrogen-bond donors (Lipinski definition) is 3. The van der Waals surface area contributed by atoms with E-state index >= 15 is 0 Å². The Balaban J connectivity index is 1.92. The minimum absolute atomic E-state index is 0.0161. The molecule has 2 aromatic rings. The largest absolute Gasteiger partial charge is 0.349 e. The summed E-state index contributed by atoms with van der Waals surface area (Å²) in [6, 6.07) is 10.2. The van der Waals surface area contributed by atoms with E-state index in [9.17, 15) is 8.42 Å². The SMILES string of the molecule is CN1Cc2c(Cl)cc(Cl)cc2C(c2ccc(S(=O)(=O)NCP(O)O)cc2)C1. The number of hydrogen-bond acceptors (Lipinski definition) is 5. The highest BCUT2D eigenvalue weighted by molar-refractivity contribution is 7.89. The second-order valence-corrected chi connectivity index (χ2v) is 10.1. The van der Waals surface area contributed by atoms with Gasteiger partial charge in [0.05, 0.1) is 11.2 Å². The molecule has 0 saturated heterocycles. The number of benzene rings is 2. The minimum atomic E-state index is -3.79. The van der Waals surface area contributed by atoms with Crippen LogP contribution >= 0.6 is 31.6 Å². The van der Waals surface area contributed by atoms with Crippen LogP contribution in [0.25, 0.3) is 0 Å². The van der Waals surface area contributed by atoms with E-state index < -0.39 is 24.7 Å². The molecule has 0 spiro atoms. The monoisotopic (exact) mass is 448 g/mol. The van der Waals surface area contributed by atoms with Crippen molar-refractivity contribution in [2.75, 3.05) is 19.9 Å². The zero-order chi connectivity index (χ0) is 19.8. The molecule has 10 heteroatoms. The third-order valence-corrected chi connectivity index (χ3v) is 7.11. The number of sulfonamides is 1. The van der Waals surface area contributed by atoms with Crippen molar-refractivity contribution in [3.63, 3.8) is 0 Å². The Hall–Kier alpha value is -0.760. The maximum atomic E-state index is 12.2. The molecular weight excluding hydrogens is 430 g/mol. The lowest BCUT2D eigenvalue weighted by Gasteiger charge is -2.33. The summed E-state index contributed by atoms with van der Waals surface area (Å²) in [6.07, 6.45) is -0.406. The van der Waals surface area contributed by atoms with Crippen LogP contribution in [0, 0.1) is 0 Å². The molecule has 6 nitrogen and oxygen atoms in total. The quantitative estimate of drug-likeness (QED) is 0.611. The standard InChI is InChI=1S/C17H19Cl2N2O4PS/c1-21-8-15(14-6-12(18)7-17(19)16(14)9-21)11-2-4-13(5-3-11)27(24,25)20-10-26(22)23/h2-7,15,20,22-23H,8-10H2,1H3. The fraction of sp³-hybridized carbons (Fsp3) is 0.294. The van der Waals surface area contributed by atoms with Crippen LogP contribution in [0.15, 0.2) is 41.3 Å². The van der Waals surface area contributed by atoms with Crippen LogP contribution in [0.5, 0.6) is 0 Å². The molecule has 0 fully saturated rings. The van der Waals surface area contributed by atoms with E-state index in [1.807, 2.05) is 13.1 Å². The molecule has 27 heavy (non-hydrogen) atoms. The molecule has 1 aliphatic rings. The lowest BCUT2D eigenvalue weighted by Crippen LogP contribution is -2.31. The molecule has 0 aromatic heterocycles. The normalized spacial score (nSPS) is 17.9. The number of fused-ring (bicyclic) bond motifs is 1. The summed E-state index contributed by atoms with van der Waals surface area (Å²) in [4.78, 5) is 20.0. The van der Waals surface area contributed by atoms with Crippen molar-refractivity contribution >= 4 is 41.6 Å². The van der Waals surface area contributed by atoms with Crippen LogP contribution in [0.3, 0.4) is 0 Å². The highest BCUT2D eigenvalue weighted by atomic mass is 35.5. The summed E-state index contributed by atoms with van der Waals surface area (Å²) < 4.78 is 26.6. The zero-order valence-electron chi connectivity index (χ0n) is 14.4. The molecule has 0 amide bonds. The molecule has 0 saturated carbocycles. The van der Waals surface area contributed by atoms with Crippen LogP contribution in [0.2, 0.25) is 10.0 Å². The Morgan fingerprint density at radius 3 is 2.52 bits per heavy atom. The Morgan fingerprint density at radius 1 is 1.22 bits per heavy atom. The Bertz CT molecular complexity index is 939. The van der Waals surface area contributed by atoms with Crippen LogP contribution in [0.1, 0.15) is 22.6 Å². The first kappa shape index (κ1) is 21.0. The summed E-state index contributed by atoms with van der Waals surface area (Å²) in [6.45, 7) is 1.48. The average molecular weight is 449 g/mol. The van der Waals surface area contributed by atoms with Crippen molar-refractivity contribution in [1.82, 2.24) is 9.62 Å². The first-order valence-corrected chi connectivity index (χ1v) is 11.8. The molecule has 2 aromatic carbocycles. The van der Waals surface area contributed by atoms with Crippen molar-refractivity contribution in [2.45, 2.75) is 17.4 Å². The fourth-order valence-electron chi connectivity index (χ4n) is 3.24. The summed E-state index contributed by atoms with van der Waals surface area (Å²) in [5.41, 5.74) is 3.02. The molecule has 0 radical (unpaired) electrons. The molecule has 1 heterocycles. The lowest BCUT2D eigenvalue weighted by molar-refractivity contribution is 0.295. The third kappa shape index (κ3) is 4.81. The second-order valence-electron chi connectivity index (χ2n) is 6.45. The number of nitrogens with zero attached hydrogens (tertiary/aromatic N) is 1. The zero-order valence-corrected chi connectivity index (χ0v) is 17.7. The van der Waals surface area contributed by atoms with E-state index in [0.717, 1.165) is 29.8 Å². The number of rotatable bonds is 5. The Labute approximate surface area is 169 Å². The van der Waals surface area contributed by atoms with Gasteiger partial charge in [-0.05, 0) is 48.0 Å². The molecule has 1 unspecified atom stereocenters. The van der Waals surface area contributed by atoms with Crippen molar-refractivity contribution in [2.24, 2.45) is 0 Å². The highest BCUT2D eigenvalue weighted by Gasteiger charge is 2.27. The summed E-state index contributed by atoms with van der Waals surface area (Å²) >= 11 is 12.6. The van der Waals surface area contributed by atoms with Gasteiger partial charge in [0.15, 0.2) is 8.38 Å². The maximum absolute atomic E-state index is 12.2. The second kappa shape index (κ2) is 8.31. The molecule has 3 N–H and O–H groups in total. The third-order valence-electron chi connectivity index (χ3n) is 4.48. The molecule has 1 atom stereocenters. The summed E-state index contributed by atoms with van der Waals surface area (Å²) in [7, 11) is -4.12. The van der Waals surface area contributed by atoms with Gasteiger partial charge in [-0.3, -0.25) is 0 Å². The average Bonchev–Trinajstić information content (AvgIpc) is 2.60. The fourth-order valence-corrected chi connectivity index (χ4v) is 5.61. The van der Waals surface area contributed by atoms with Gasteiger partial charge in [-0.1, -0.05) is 35.3 Å². The Morgan fingerprint density at radius 2 is 1.89 bits per heavy atom. The van der Waals surface area contributed by atoms with Gasteiger partial charge >= 0.3 is 0 Å². The Kier molecular flexibility index (Phi) is 6.45. The van der Waals surface area contributed by atoms with E-state index in [0.29, 0.717) is 10.0 Å². The molecular formula is C17H19Cl2N2O4PS. The van der Waals surface area contributed by atoms with Crippen LogP contribution in [0.4, 0.5) is 0 Å². The molecule has 0 bridgehead atoms. The first-order chi connectivity index (χ1) is 12.7.